The lowest BCUT2D eigenvalue weighted by molar-refractivity contribution is 0.114. The molecule has 0 saturated heterocycles. The molecule has 0 aliphatic carbocycles. The van der Waals surface area contributed by atoms with Gasteiger partial charge in [-0.25, -0.2) is 0 Å². The van der Waals surface area contributed by atoms with E-state index in [1.165, 1.54) is 0 Å². The molecule has 0 aliphatic rings. The fourth-order valence-corrected chi connectivity index (χ4v) is 2.23. The zero-order valence-electron chi connectivity index (χ0n) is 11.6. The standard InChI is InChI=1S/C14H23NO3/c1-10-7-12(18-4)8-11(2)14(10)13(17)9-15(3)5-6-16/h7-8,13,16-17H,5-6,9H2,1-4H3. The van der Waals surface area contributed by atoms with Crippen LogP contribution in [-0.4, -0.2) is 49.0 Å². The Bertz CT molecular complexity index is 370. The summed E-state index contributed by atoms with van der Waals surface area (Å²) in [5.74, 6) is 0.810. The number of methoxy groups -OCH3 is 1. The van der Waals surface area contributed by atoms with Crippen molar-refractivity contribution in [2.45, 2.75) is 20.0 Å². The van der Waals surface area contributed by atoms with E-state index in [0.717, 1.165) is 22.4 Å². The van der Waals surface area contributed by atoms with Gasteiger partial charge in [-0.15, -0.1) is 0 Å². The van der Waals surface area contributed by atoms with Gasteiger partial charge in [-0.05, 0) is 49.7 Å². The number of likely N-dealkylation sites (N-methyl/N-ethyl adjacent to an activating group) is 1. The lowest BCUT2D eigenvalue weighted by atomic mass is 9.97. The molecule has 0 aromatic heterocycles. The Morgan fingerprint density at radius 1 is 1.28 bits per heavy atom. The topological polar surface area (TPSA) is 52.9 Å². The van der Waals surface area contributed by atoms with Gasteiger partial charge in [0.1, 0.15) is 5.75 Å². The number of ether oxygens (including phenoxy) is 1. The number of hydrogen-bond acceptors (Lipinski definition) is 4. The van der Waals surface area contributed by atoms with Crippen LogP contribution in [0.3, 0.4) is 0 Å². The Morgan fingerprint density at radius 3 is 2.28 bits per heavy atom. The van der Waals surface area contributed by atoms with Crippen molar-refractivity contribution >= 4 is 0 Å². The van der Waals surface area contributed by atoms with Crippen LogP contribution in [0.1, 0.15) is 22.8 Å². The minimum absolute atomic E-state index is 0.101. The van der Waals surface area contributed by atoms with Crippen LogP contribution < -0.4 is 4.74 Å². The molecule has 0 heterocycles. The van der Waals surface area contributed by atoms with Gasteiger partial charge >= 0.3 is 0 Å². The summed E-state index contributed by atoms with van der Waals surface area (Å²) >= 11 is 0. The minimum atomic E-state index is -0.549. The van der Waals surface area contributed by atoms with E-state index in [4.69, 9.17) is 9.84 Å². The predicted molar refractivity (Wildman–Crippen MR) is 72.0 cm³/mol. The van der Waals surface area contributed by atoms with Gasteiger partial charge in [-0.2, -0.15) is 0 Å². The summed E-state index contributed by atoms with van der Waals surface area (Å²) in [6.45, 7) is 5.11. The Labute approximate surface area is 109 Å². The van der Waals surface area contributed by atoms with Crippen molar-refractivity contribution in [3.63, 3.8) is 0 Å². The van der Waals surface area contributed by atoms with Gasteiger partial charge in [0.2, 0.25) is 0 Å². The molecule has 1 aromatic rings. The van der Waals surface area contributed by atoms with Crippen LogP contribution in [0.4, 0.5) is 0 Å². The van der Waals surface area contributed by atoms with Crippen molar-refractivity contribution in [1.82, 2.24) is 4.90 Å². The zero-order valence-corrected chi connectivity index (χ0v) is 11.6. The number of nitrogens with zero attached hydrogens (tertiary/aromatic N) is 1. The first-order valence-corrected chi connectivity index (χ1v) is 6.12. The van der Waals surface area contributed by atoms with Gasteiger partial charge in [-0.3, -0.25) is 0 Å². The van der Waals surface area contributed by atoms with Crippen molar-refractivity contribution < 1.29 is 14.9 Å². The van der Waals surface area contributed by atoms with E-state index in [9.17, 15) is 5.11 Å². The highest BCUT2D eigenvalue weighted by Crippen LogP contribution is 2.27. The van der Waals surface area contributed by atoms with E-state index >= 15 is 0 Å². The van der Waals surface area contributed by atoms with Gasteiger partial charge in [0, 0.05) is 13.1 Å². The third-order valence-corrected chi connectivity index (χ3v) is 3.10. The van der Waals surface area contributed by atoms with Gasteiger partial charge < -0.3 is 19.8 Å². The van der Waals surface area contributed by atoms with E-state index < -0.39 is 6.10 Å². The summed E-state index contributed by atoms with van der Waals surface area (Å²) in [4.78, 5) is 1.91. The molecular formula is C14H23NO3. The molecule has 2 N–H and O–H groups in total. The highest BCUT2D eigenvalue weighted by Gasteiger charge is 2.16. The SMILES string of the molecule is COc1cc(C)c(C(O)CN(C)CCO)c(C)c1. The monoisotopic (exact) mass is 253 g/mol. The molecule has 1 unspecified atom stereocenters. The second-order valence-electron chi connectivity index (χ2n) is 4.68. The van der Waals surface area contributed by atoms with E-state index in [0.29, 0.717) is 13.1 Å². The Balaban J connectivity index is 2.88. The lowest BCUT2D eigenvalue weighted by Crippen LogP contribution is -2.28. The van der Waals surface area contributed by atoms with Crippen LogP contribution in [0.25, 0.3) is 0 Å². The molecule has 0 bridgehead atoms. The number of hydrogen-bond donors (Lipinski definition) is 2. The molecule has 0 aliphatic heterocycles. The van der Waals surface area contributed by atoms with Crippen molar-refractivity contribution in [2.75, 3.05) is 33.9 Å². The quantitative estimate of drug-likeness (QED) is 0.801. The molecule has 1 rings (SSSR count). The molecule has 18 heavy (non-hydrogen) atoms. The summed E-state index contributed by atoms with van der Waals surface area (Å²) in [5.41, 5.74) is 2.99. The molecule has 0 fully saturated rings. The molecule has 1 aromatic carbocycles. The minimum Gasteiger partial charge on any atom is -0.497 e. The van der Waals surface area contributed by atoms with Crippen molar-refractivity contribution in [3.8, 4) is 5.75 Å². The van der Waals surface area contributed by atoms with Crippen molar-refractivity contribution in [3.05, 3.63) is 28.8 Å². The smallest absolute Gasteiger partial charge is 0.119 e. The summed E-state index contributed by atoms with van der Waals surface area (Å²) in [6, 6.07) is 3.86. The van der Waals surface area contributed by atoms with Crippen LogP contribution in [0.15, 0.2) is 12.1 Å². The van der Waals surface area contributed by atoms with Crippen molar-refractivity contribution in [2.24, 2.45) is 0 Å². The molecule has 0 radical (unpaired) electrons. The van der Waals surface area contributed by atoms with Crippen LogP contribution in [-0.2, 0) is 0 Å². The van der Waals surface area contributed by atoms with E-state index in [1.807, 2.05) is 37.9 Å². The van der Waals surface area contributed by atoms with Crippen molar-refractivity contribution in [1.29, 1.82) is 0 Å². The third kappa shape index (κ3) is 3.70. The van der Waals surface area contributed by atoms with Crippen LogP contribution in [0.5, 0.6) is 5.75 Å². The first-order chi connectivity index (χ1) is 8.49. The van der Waals surface area contributed by atoms with Gasteiger partial charge in [0.15, 0.2) is 0 Å². The van der Waals surface area contributed by atoms with Crippen LogP contribution in [0, 0.1) is 13.8 Å². The first kappa shape index (κ1) is 15.0. The fraction of sp³-hybridized carbons (Fsp3) is 0.571. The van der Waals surface area contributed by atoms with Gasteiger partial charge in [-0.1, -0.05) is 0 Å². The highest BCUT2D eigenvalue weighted by molar-refractivity contribution is 5.42. The van der Waals surface area contributed by atoms with Crippen LogP contribution >= 0.6 is 0 Å². The fourth-order valence-electron chi connectivity index (χ4n) is 2.23. The molecule has 4 heteroatoms. The number of aliphatic hydroxyl groups is 2. The number of benzene rings is 1. The second-order valence-corrected chi connectivity index (χ2v) is 4.68. The normalized spacial score (nSPS) is 12.8. The summed E-state index contributed by atoms with van der Waals surface area (Å²) in [7, 11) is 3.52. The maximum atomic E-state index is 10.3. The largest absolute Gasteiger partial charge is 0.497 e. The second kappa shape index (κ2) is 6.73. The van der Waals surface area contributed by atoms with E-state index in [2.05, 4.69) is 0 Å². The maximum Gasteiger partial charge on any atom is 0.119 e. The molecule has 1 atom stereocenters. The third-order valence-electron chi connectivity index (χ3n) is 3.10. The van der Waals surface area contributed by atoms with E-state index in [1.54, 1.807) is 7.11 Å². The first-order valence-electron chi connectivity index (χ1n) is 6.12. The van der Waals surface area contributed by atoms with Crippen LogP contribution in [0.2, 0.25) is 0 Å². The number of aliphatic hydroxyl groups excluding tert-OH is 2. The Morgan fingerprint density at radius 2 is 1.83 bits per heavy atom. The molecule has 0 spiro atoms. The highest BCUT2D eigenvalue weighted by atomic mass is 16.5. The molecular weight excluding hydrogens is 230 g/mol. The molecule has 0 saturated carbocycles. The summed E-state index contributed by atoms with van der Waals surface area (Å²) in [5, 5.41) is 19.1. The number of rotatable bonds is 6. The Kier molecular flexibility index (Phi) is 5.59. The van der Waals surface area contributed by atoms with Gasteiger partial charge in [0.25, 0.3) is 0 Å². The molecule has 4 nitrogen and oxygen atoms in total. The summed E-state index contributed by atoms with van der Waals surface area (Å²) < 4.78 is 5.21. The molecule has 102 valence electrons. The summed E-state index contributed by atoms with van der Waals surface area (Å²) in [6.07, 6.45) is -0.549. The maximum absolute atomic E-state index is 10.3. The lowest BCUT2D eigenvalue weighted by Gasteiger charge is -2.23. The zero-order chi connectivity index (χ0) is 13.7. The average Bonchev–Trinajstić information content (AvgIpc) is 2.27. The average molecular weight is 253 g/mol. The Hall–Kier alpha value is -1.10. The number of aryl methyl sites for hydroxylation is 2. The van der Waals surface area contributed by atoms with Gasteiger partial charge in [0.05, 0.1) is 19.8 Å². The predicted octanol–water partition coefficient (Wildman–Crippen LogP) is 1.27. The molecule has 0 amide bonds. The van der Waals surface area contributed by atoms with E-state index in [-0.39, 0.29) is 6.61 Å².